The van der Waals surface area contributed by atoms with Crippen molar-refractivity contribution in [2.24, 2.45) is 0 Å². The van der Waals surface area contributed by atoms with Crippen LogP contribution in [0.3, 0.4) is 0 Å². The summed E-state index contributed by atoms with van der Waals surface area (Å²) in [7, 11) is 0. The van der Waals surface area contributed by atoms with E-state index in [0.717, 1.165) is 40.8 Å². The molecule has 0 bridgehead atoms. The number of thiocarbonyl (C=S) groups is 1. The number of benzene rings is 1. The molecule has 0 radical (unpaired) electrons. The van der Waals surface area contributed by atoms with Crippen molar-refractivity contribution >= 4 is 17.3 Å². The number of nitrogens with zero attached hydrogens (tertiary/aromatic N) is 3. The van der Waals surface area contributed by atoms with Crippen LogP contribution in [-0.4, -0.2) is 26.1 Å². The van der Waals surface area contributed by atoms with Crippen molar-refractivity contribution in [1.82, 2.24) is 19.8 Å². The maximum Gasteiger partial charge on any atom is 0.170 e. The fourth-order valence-electron chi connectivity index (χ4n) is 4.33. The van der Waals surface area contributed by atoms with Gasteiger partial charge in [0.1, 0.15) is 5.82 Å². The molecule has 1 aromatic carbocycles. The van der Waals surface area contributed by atoms with E-state index >= 15 is 0 Å². The second-order valence-corrected chi connectivity index (χ2v) is 7.85. The van der Waals surface area contributed by atoms with Gasteiger partial charge in [-0.15, -0.1) is 0 Å². The first-order chi connectivity index (χ1) is 14.0. The largest absolute Gasteiger partial charge is 0.352 e. The first kappa shape index (κ1) is 19.6. The van der Waals surface area contributed by atoms with E-state index in [1.807, 2.05) is 30.5 Å². The van der Waals surface area contributed by atoms with E-state index in [-0.39, 0.29) is 17.9 Å². The van der Waals surface area contributed by atoms with Gasteiger partial charge in [0.2, 0.25) is 0 Å². The molecule has 1 fully saturated rings. The van der Waals surface area contributed by atoms with Gasteiger partial charge in [0.15, 0.2) is 5.11 Å². The number of pyridine rings is 1. The Morgan fingerprint density at radius 3 is 2.66 bits per heavy atom. The molecular weight excluding hydrogens is 383 g/mol. The lowest BCUT2D eigenvalue weighted by Crippen LogP contribution is -2.30. The smallest absolute Gasteiger partial charge is 0.170 e. The Kier molecular flexibility index (Phi) is 5.37. The highest BCUT2D eigenvalue weighted by molar-refractivity contribution is 7.80. The zero-order valence-corrected chi connectivity index (χ0v) is 17.7. The van der Waals surface area contributed by atoms with Crippen LogP contribution in [-0.2, 0) is 0 Å². The predicted octanol–water partition coefficient (Wildman–Crippen LogP) is 5.01. The Labute approximate surface area is 176 Å². The normalized spacial score (nSPS) is 18.9. The molecule has 1 aliphatic rings. The molecule has 0 amide bonds. The minimum Gasteiger partial charge on any atom is -0.352 e. The lowest BCUT2D eigenvalue weighted by molar-refractivity contribution is 0.316. The minimum absolute atomic E-state index is 0.0308. The maximum atomic E-state index is 13.9. The highest BCUT2D eigenvalue weighted by atomic mass is 32.1. The van der Waals surface area contributed by atoms with E-state index in [0.29, 0.717) is 0 Å². The Balaban J connectivity index is 1.84. The fraction of sp³-hybridized carbons (Fsp3) is 0.304. The Morgan fingerprint density at radius 2 is 1.97 bits per heavy atom. The summed E-state index contributed by atoms with van der Waals surface area (Å²) in [5.74, 6) is -0.237. The van der Waals surface area contributed by atoms with Crippen LogP contribution in [0.4, 0.5) is 4.39 Å². The summed E-state index contributed by atoms with van der Waals surface area (Å²) in [6, 6.07) is 14.9. The zero-order valence-electron chi connectivity index (χ0n) is 16.9. The fourth-order valence-corrected chi connectivity index (χ4v) is 4.66. The third-order valence-corrected chi connectivity index (χ3v) is 5.87. The number of aromatic nitrogens is 2. The Bertz CT molecular complexity index is 1030. The van der Waals surface area contributed by atoms with E-state index in [1.54, 1.807) is 12.1 Å². The quantitative estimate of drug-likeness (QED) is 0.602. The minimum atomic E-state index is -0.237. The van der Waals surface area contributed by atoms with Crippen molar-refractivity contribution in [1.29, 1.82) is 0 Å². The monoisotopic (exact) mass is 408 g/mol. The lowest BCUT2D eigenvalue weighted by Gasteiger charge is -2.27. The SMILES string of the molecule is CCCN1C(=S)N[C@H](c2ccccn2)[C@H]1c1cc(C)n(-c2cccc(F)c2)c1C. The number of nitrogens with one attached hydrogen (secondary N) is 1. The van der Waals surface area contributed by atoms with E-state index in [4.69, 9.17) is 12.2 Å². The highest BCUT2D eigenvalue weighted by Crippen LogP contribution is 2.41. The Morgan fingerprint density at radius 1 is 1.14 bits per heavy atom. The van der Waals surface area contributed by atoms with Gasteiger partial charge in [0, 0.05) is 29.8 Å². The van der Waals surface area contributed by atoms with Gasteiger partial charge in [-0.1, -0.05) is 19.1 Å². The van der Waals surface area contributed by atoms with Crippen LogP contribution in [0.1, 0.15) is 48.1 Å². The first-order valence-electron chi connectivity index (χ1n) is 9.94. The van der Waals surface area contributed by atoms with Gasteiger partial charge in [-0.3, -0.25) is 4.98 Å². The molecule has 29 heavy (non-hydrogen) atoms. The number of rotatable bonds is 5. The van der Waals surface area contributed by atoms with E-state index in [1.165, 1.54) is 11.6 Å². The van der Waals surface area contributed by atoms with Crippen LogP contribution in [0.25, 0.3) is 5.69 Å². The molecule has 1 N–H and O–H groups in total. The summed E-state index contributed by atoms with van der Waals surface area (Å²) < 4.78 is 16.0. The van der Waals surface area contributed by atoms with Gasteiger partial charge >= 0.3 is 0 Å². The van der Waals surface area contributed by atoms with E-state index in [2.05, 4.69) is 46.6 Å². The third kappa shape index (κ3) is 3.53. The van der Waals surface area contributed by atoms with Crippen LogP contribution in [0.15, 0.2) is 54.7 Å². The molecule has 150 valence electrons. The van der Waals surface area contributed by atoms with Crippen molar-refractivity contribution in [3.63, 3.8) is 0 Å². The summed E-state index contributed by atoms with van der Waals surface area (Å²) in [5, 5.41) is 4.24. The molecule has 2 aromatic heterocycles. The molecule has 4 nitrogen and oxygen atoms in total. The summed E-state index contributed by atoms with van der Waals surface area (Å²) >= 11 is 5.68. The molecule has 0 saturated carbocycles. The first-order valence-corrected chi connectivity index (χ1v) is 10.3. The van der Waals surface area contributed by atoms with Gasteiger partial charge < -0.3 is 14.8 Å². The van der Waals surface area contributed by atoms with Gasteiger partial charge in [0.05, 0.1) is 17.8 Å². The Hall–Kier alpha value is -2.73. The molecule has 6 heteroatoms. The second-order valence-electron chi connectivity index (χ2n) is 7.46. The molecule has 0 spiro atoms. The maximum absolute atomic E-state index is 13.9. The molecule has 0 unspecified atom stereocenters. The molecule has 1 aliphatic heterocycles. The van der Waals surface area contributed by atoms with Crippen molar-refractivity contribution in [3.8, 4) is 5.69 Å². The third-order valence-electron chi connectivity index (χ3n) is 5.52. The van der Waals surface area contributed by atoms with Crippen molar-refractivity contribution in [2.75, 3.05) is 6.54 Å². The topological polar surface area (TPSA) is 33.1 Å². The lowest BCUT2D eigenvalue weighted by atomic mass is 9.96. The van der Waals surface area contributed by atoms with Crippen molar-refractivity contribution < 1.29 is 4.39 Å². The average molecular weight is 409 g/mol. The summed E-state index contributed by atoms with van der Waals surface area (Å²) in [6.45, 7) is 7.17. The van der Waals surface area contributed by atoms with Crippen LogP contribution in [0, 0.1) is 19.7 Å². The van der Waals surface area contributed by atoms with Gasteiger partial charge in [-0.2, -0.15) is 0 Å². The standard InChI is InChI=1S/C23H25FN4S/c1-4-12-27-22(21(26-23(27)29)20-10-5-6-11-25-20)19-13-15(2)28(16(19)3)18-9-7-8-17(24)14-18/h5-11,13-14,21-22H,4,12H2,1-3H3,(H,26,29)/t21-,22-/m1/s1. The van der Waals surface area contributed by atoms with Crippen molar-refractivity contribution in [3.05, 3.63) is 83.2 Å². The molecule has 4 rings (SSSR count). The van der Waals surface area contributed by atoms with Gasteiger partial charge in [-0.05, 0) is 74.4 Å². The number of hydrogen-bond acceptors (Lipinski definition) is 2. The number of aryl methyl sites for hydroxylation is 1. The summed E-state index contributed by atoms with van der Waals surface area (Å²) in [4.78, 5) is 6.85. The van der Waals surface area contributed by atoms with Crippen LogP contribution >= 0.6 is 12.2 Å². The average Bonchev–Trinajstić information content (AvgIpc) is 3.18. The van der Waals surface area contributed by atoms with Crippen molar-refractivity contribution in [2.45, 2.75) is 39.3 Å². The van der Waals surface area contributed by atoms with E-state index in [9.17, 15) is 4.39 Å². The number of hydrogen-bond donors (Lipinski definition) is 1. The molecule has 0 aliphatic carbocycles. The van der Waals surface area contributed by atoms with Gasteiger partial charge in [-0.25, -0.2) is 4.39 Å². The summed E-state index contributed by atoms with van der Waals surface area (Å²) in [6.07, 6.45) is 2.81. The molecule has 1 saturated heterocycles. The van der Waals surface area contributed by atoms with Crippen LogP contribution in [0.2, 0.25) is 0 Å². The molecular formula is C23H25FN4S. The van der Waals surface area contributed by atoms with Crippen LogP contribution < -0.4 is 5.32 Å². The van der Waals surface area contributed by atoms with E-state index < -0.39 is 0 Å². The molecule has 2 atom stereocenters. The zero-order chi connectivity index (χ0) is 20.5. The summed E-state index contributed by atoms with van der Waals surface area (Å²) in [5.41, 5.74) is 5.14. The highest BCUT2D eigenvalue weighted by Gasteiger charge is 2.40. The predicted molar refractivity (Wildman–Crippen MR) is 118 cm³/mol. The van der Waals surface area contributed by atoms with Crippen LogP contribution in [0.5, 0.6) is 0 Å². The van der Waals surface area contributed by atoms with Gasteiger partial charge in [0.25, 0.3) is 0 Å². The molecule has 3 heterocycles. The molecule has 3 aromatic rings. The number of halogens is 1. The second kappa shape index (κ2) is 7.95.